The lowest BCUT2D eigenvalue weighted by molar-refractivity contribution is 0.543. The van der Waals surface area contributed by atoms with Crippen LogP contribution in [0.3, 0.4) is 0 Å². The molecule has 4 heteroatoms. The van der Waals surface area contributed by atoms with Gasteiger partial charge in [0.05, 0.1) is 24.3 Å². The van der Waals surface area contributed by atoms with Gasteiger partial charge in [0.2, 0.25) is 0 Å². The molecule has 0 saturated heterocycles. The van der Waals surface area contributed by atoms with Crippen molar-refractivity contribution in [1.82, 2.24) is 0 Å². The molecule has 5 rings (SSSR count). The highest BCUT2D eigenvalue weighted by Gasteiger charge is 2.10. The summed E-state index contributed by atoms with van der Waals surface area (Å²) >= 11 is 0. The first-order chi connectivity index (χ1) is 17.8. The zero-order valence-electron chi connectivity index (χ0n) is 19.5. The zero-order valence-corrected chi connectivity index (χ0v) is 19.5. The Morgan fingerprint density at radius 1 is 0.306 bits per heavy atom. The minimum atomic E-state index is 0.770. The van der Waals surface area contributed by atoms with Gasteiger partial charge in [0.25, 0.3) is 0 Å². The van der Waals surface area contributed by atoms with Gasteiger partial charge in [-0.05, 0) is 48.5 Å². The monoisotopic (exact) mass is 472 g/mol. The normalized spacial score (nSPS) is 11.1. The van der Waals surface area contributed by atoms with E-state index in [1.165, 1.54) is 0 Å². The highest BCUT2D eigenvalue weighted by Crippen LogP contribution is 2.15. The van der Waals surface area contributed by atoms with E-state index < -0.39 is 0 Å². The second-order valence-electron chi connectivity index (χ2n) is 7.83. The quantitative estimate of drug-likeness (QED) is 0.211. The van der Waals surface area contributed by atoms with E-state index >= 15 is 0 Å². The highest BCUT2D eigenvalue weighted by atomic mass is 16.3. The summed E-state index contributed by atoms with van der Waals surface area (Å²) in [7, 11) is 0. The molecule has 3 aromatic rings. The molecule has 0 aromatic carbocycles. The smallest absolute Gasteiger partial charge is 0.353 e. The fraction of sp³-hybridized carbons (Fsp3) is 0. The van der Waals surface area contributed by atoms with E-state index in [1.807, 2.05) is 146 Å². The van der Waals surface area contributed by atoms with E-state index in [0.717, 1.165) is 45.4 Å². The van der Waals surface area contributed by atoms with Gasteiger partial charge in [-0.3, -0.25) is 0 Å². The van der Waals surface area contributed by atoms with Crippen molar-refractivity contribution < 1.29 is 17.7 Å². The van der Waals surface area contributed by atoms with Crippen LogP contribution in [0.2, 0.25) is 0 Å². The third kappa shape index (κ3) is 6.55. The van der Waals surface area contributed by atoms with Crippen molar-refractivity contribution in [3.63, 3.8) is 0 Å². The predicted molar refractivity (Wildman–Crippen MR) is 145 cm³/mol. The van der Waals surface area contributed by atoms with E-state index in [9.17, 15) is 0 Å². The van der Waals surface area contributed by atoms with Gasteiger partial charge in [0.15, 0.2) is 0 Å². The van der Waals surface area contributed by atoms with Crippen LogP contribution in [-0.2, 0) is 0 Å². The standard InChI is InChI=1S/C32H24O4/c1-2-10-26-19-20-28(34-26)12-5-6-14-30-23-24-32(36-30)16-8-7-15-31-22-21-29(35-31)13-4-3-11-27-18-17-25(9-1)33-27/h1-24H/q+2. The van der Waals surface area contributed by atoms with Crippen molar-refractivity contribution in [3.05, 3.63) is 144 Å². The Labute approximate surface area is 208 Å². The summed E-state index contributed by atoms with van der Waals surface area (Å²) in [4.78, 5) is 0. The molecule has 8 bridgehead atoms. The van der Waals surface area contributed by atoms with Crippen LogP contribution in [0.5, 0.6) is 0 Å². The lowest BCUT2D eigenvalue weighted by Crippen LogP contribution is -1.59. The Balaban J connectivity index is 1.53. The van der Waals surface area contributed by atoms with Gasteiger partial charge < -0.3 is 8.83 Å². The maximum atomic E-state index is 5.80. The summed E-state index contributed by atoms with van der Waals surface area (Å²) < 4.78 is 23.2. The third-order valence-electron chi connectivity index (χ3n) is 5.12. The molecule has 0 unspecified atom stereocenters. The molecule has 0 radical (unpaired) electrons. The molecule has 4 nitrogen and oxygen atoms in total. The predicted octanol–water partition coefficient (Wildman–Crippen LogP) is 9.52. The fourth-order valence-electron chi connectivity index (χ4n) is 3.39. The van der Waals surface area contributed by atoms with Crippen LogP contribution in [0.25, 0.3) is 46.6 Å². The second kappa shape index (κ2) is 11.4. The lowest BCUT2D eigenvalue weighted by Gasteiger charge is -1.76. The molecule has 0 fully saturated rings. The lowest BCUT2D eigenvalue weighted by atomic mass is 10.3. The summed E-state index contributed by atoms with van der Waals surface area (Å²) in [5.41, 5.74) is 3.08. The number of furan rings is 2. The van der Waals surface area contributed by atoms with Crippen LogP contribution < -0.4 is 0 Å². The molecule has 2 aliphatic heterocycles. The van der Waals surface area contributed by atoms with Crippen LogP contribution >= 0.6 is 0 Å². The molecule has 0 amide bonds. The molecule has 0 spiro atoms. The molecule has 174 valence electrons. The number of rotatable bonds is 0. The first-order valence-corrected chi connectivity index (χ1v) is 11.6. The van der Waals surface area contributed by atoms with Crippen molar-refractivity contribution in [2.24, 2.45) is 0 Å². The Hall–Kier alpha value is -4.96. The van der Waals surface area contributed by atoms with E-state index in [4.69, 9.17) is 17.7 Å². The van der Waals surface area contributed by atoms with Crippen LogP contribution in [0.4, 0.5) is 0 Å². The molecule has 2 aliphatic rings. The van der Waals surface area contributed by atoms with Crippen molar-refractivity contribution >= 4 is 46.6 Å². The Morgan fingerprint density at radius 2 is 0.556 bits per heavy atom. The summed E-state index contributed by atoms with van der Waals surface area (Å²) in [6, 6.07) is 38.2. The topological polar surface area (TPSA) is 48.9 Å². The van der Waals surface area contributed by atoms with E-state index in [1.54, 1.807) is 0 Å². The molecule has 0 saturated carbocycles. The van der Waals surface area contributed by atoms with Gasteiger partial charge in [0, 0.05) is 24.3 Å². The highest BCUT2D eigenvalue weighted by molar-refractivity contribution is 5.68. The molecule has 0 N–H and O–H groups in total. The summed E-state index contributed by atoms with van der Waals surface area (Å²) in [6.07, 6.45) is 7.71. The van der Waals surface area contributed by atoms with Crippen molar-refractivity contribution in [1.29, 1.82) is 0 Å². The van der Waals surface area contributed by atoms with E-state index in [-0.39, 0.29) is 0 Å². The van der Waals surface area contributed by atoms with Gasteiger partial charge in [-0.15, -0.1) is 0 Å². The summed E-state index contributed by atoms with van der Waals surface area (Å²) in [5.74, 6) is 3.08. The SMILES string of the molecule is C1=Cc2ccccc3ccc(ccccc4[o+]c(ccccc5ccc(ccccc1[o+]2)o5)C=C4)o3. The van der Waals surface area contributed by atoms with Crippen molar-refractivity contribution in [2.75, 3.05) is 0 Å². The number of hydrogen-bond acceptors (Lipinski definition) is 2. The van der Waals surface area contributed by atoms with Crippen LogP contribution in [0.15, 0.2) is 139 Å². The molecular weight excluding hydrogens is 448 g/mol. The minimum absolute atomic E-state index is 0.770. The van der Waals surface area contributed by atoms with Crippen LogP contribution in [-0.4, -0.2) is 0 Å². The van der Waals surface area contributed by atoms with Crippen molar-refractivity contribution in [3.8, 4) is 0 Å². The first-order valence-electron chi connectivity index (χ1n) is 11.6. The van der Waals surface area contributed by atoms with Gasteiger partial charge in [-0.2, -0.15) is 0 Å². The van der Waals surface area contributed by atoms with Gasteiger partial charge in [-0.1, -0.05) is 48.5 Å². The molecule has 0 atom stereocenters. The van der Waals surface area contributed by atoms with Gasteiger partial charge in [-0.25, -0.2) is 8.83 Å². The summed E-state index contributed by atoms with van der Waals surface area (Å²) in [6.45, 7) is 0. The molecular formula is C32H24O4+2. The largest absolute Gasteiger partial charge is 0.457 e. The Bertz CT molecular complexity index is 1420. The first kappa shape index (κ1) is 22.8. The van der Waals surface area contributed by atoms with E-state index in [0.29, 0.717) is 0 Å². The van der Waals surface area contributed by atoms with Crippen LogP contribution in [0, 0.1) is 0 Å². The maximum Gasteiger partial charge on any atom is 0.353 e. The molecule has 5 heterocycles. The van der Waals surface area contributed by atoms with Gasteiger partial charge >= 0.3 is 23.0 Å². The number of fused-ring (bicyclic) bond motifs is 8. The number of hydrogen-bond donors (Lipinski definition) is 0. The Morgan fingerprint density at radius 3 is 0.833 bits per heavy atom. The minimum Gasteiger partial charge on any atom is -0.457 e. The van der Waals surface area contributed by atoms with Crippen molar-refractivity contribution in [2.45, 2.75) is 0 Å². The Kier molecular flexibility index (Phi) is 7.26. The van der Waals surface area contributed by atoms with E-state index in [2.05, 4.69) is 0 Å². The average Bonchev–Trinajstić information content (AvgIpc) is 3.68. The molecule has 3 aromatic heterocycles. The van der Waals surface area contributed by atoms with Gasteiger partial charge in [0.1, 0.15) is 22.3 Å². The molecule has 36 heavy (non-hydrogen) atoms. The third-order valence-corrected chi connectivity index (χ3v) is 5.12. The zero-order chi connectivity index (χ0) is 24.4. The fourth-order valence-corrected chi connectivity index (χ4v) is 3.39. The van der Waals surface area contributed by atoms with Crippen LogP contribution in [0.1, 0.15) is 23.0 Å². The average molecular weight is 473 g/mol. The second-order valence-corrected chi connectivity index (χ2v) is 7.83. The summed E-state index contributed by atoms with van der Waals surface area (Å²) in [5, 5.41) is 0. The maximum absolute atomic E-state index is 5.80. The molecule has 0 aliphatic carbocycles.